The summed E-state index contributed by atoms with van der Waals surface area (Å²) in [6.45, 7) is 0.982. The summed E-state index contributed by atoms with van der Waals surface area (Å²) in [5.41, 5.74) is 9.51. The molecule has 47 heavy (non-hydrogen) atoms. The Kier molecular flexibility index (Phi) is 10.2. The van der Waals surface area contributed by atoms with Crippen LogP contribution < -0.4 is 5.73 Å². The number of carboxylic acid groups (broad SMARTS) is 2. The molecule has 6 rings (SSSR count). The molecule has 2 unspecified atom stereocenters. The van der Waals surface area contributed by atoms with E-state index >= 15 is 0 Å². The first-order valence-corrected chi connectivity index (χ1v) is 15.2. The second-order valence-electron chi connectivity index (χ2n) is 12.1. The molecule has 0 spiro atoms. The molecule has 3 aromatic rings. The highest BCUT2D eigenvalue weighted by atomic mass is 19.2. The van der Waals surface area contributed by atoms with Crippen LogP contribution in [0.3, 0.4) is 0 Å². The lowest BCUT2D eigenvalue weighted by Gasteiger charge is -2.41. The Balaban J connectivity index is 0.000000483. The molecule has 0 aromatic heterocycles. The molecule has 0 saturated carbocycles. The number of hydrogen-bond donors (Lipinski definition) is 3. The van der Waals surface area contributed by atoms with Gasteiger partial charge in [0.05, 0.1) is 17.7 Å². The van der Waals surface area contributed by atoms with Crippen LogP contribution in [0.5, 0.6) is 0 Å². The van der Waals surface area contributed by atoms with E-state index in [-0.39, 0.29) is 42.3 Å². The van der Waals surface area contributed by atoms with Gasteiger partial charge in [0.1, 0.15) is 5.82 Å². The average molecular weight is 650 g/mol. The molecule has 12 heteroatoms. The molecule has 3 aliphatic rings. The van der Waals surface area contributed by atoms with Crippen LogP contribution in [0.4, 0.5) is 13.2 Å². The molecule has 2 amide bonds. The third kappa shape index (κ3) is 7.78. The number of rotatable bonds is 9. The van der Waals surface area contributed by atoms with E-state index in [2.05, 4.69) is 17.0 Å². The summed E-state index contributed by atoms with van der Waals surface area (Å²) in [4.78, 5) is 48.5. The van der Waals surface area contributed by atoms with Gasteiger partial charge in [-0.2, -0.15) is 0 Å². The molecule has 3 aliphatic heterocycles. The minimum absolute atomic E-state index is 0.117. The molecule has 2 saturated heterocycles. The summed E-state index contributed by atoms with van der Waals surface area (Å²) in [5, 5.41) is 15.6. The van der Waals surface area contributed by atoms with Crippen LogP contribution in [0.1, 0.15) is 63.1 Å². The molecule has 4 atom stereocenters. The van der Waals surface area contributed by atoms with Crippen LogP contribution in [0.15, 0.2) is 72.8 Å². The molecule has 4 N–H and O–H groups in total. The van der Waals surface area contributed by atoms with E-state index < -0.39 is 29.4 Å². The molecule has 3 heterocycles. The van der Waals surface area contributed by atoms with Crippen molar-refractivity contribution in [3.05, 3.63) is 118 Å². The summed E-state index contributed by atoms with van der Waals surface area (Å²) in [5.74, 6) is -5.87. The number of nitrogens with zero attached hydrogens (tertiary/aromatic N) is 2. The molecule has 246 valence electrons. The second-order valence-corrected chi connectivity index (χ2v) is 12.1. The van der Waals surface area contributed by atoms with Gasteiger partial charge >= 0.3 is 11.9 Å². The molecule has 2 bridgehead atoms. The zero-order chi connectivity index (χ0) is 33.8. The lowest BCUT2D eigenvalue weighted by Crippen LogP contribution is -2.47. The first kappa shape index (κ1) is 33.6. The Morgan fingerprint density at radius 2 is 1.32 bits per heavy atom. The fourth-order valence-corrected chi connectivity index (χ4v) is 6.81. The average Bonchev–Trinajstić information content (AvgIpc) is 3.39. The fraction of sp³-hybridized carbons (Fsp3) is 0.314. The maximum Gasteiger partial charge on any atom is 0.328 e. The van der Waals surface area contributed by atoms with Crippen molar-refractivity contribution in [1.29, 1.82) is 0 Å². The molecular weight excluding hydrogens is 615 g/mol. The predicted molar refractivity (Wildman–Crippen MR) is 165 cm³/mol. The molecule has 0 aliphatic carbocycles. The minimum Gasteiger partial charge on any atom is -0.478 e. The van der Waals surface area contributed by atoms with Crippen molar-refractivity contribution in [2.45, 2.75) is 63.3 Å². The van der Waals surface area contributed by atoms with Gasteiger partial charge in [0.25, 0.3) is 11.8 Å². The summed E-state index contributed by atoms with van der Waals surface area (Å²) >= 11 is 0. The quantitative estimate of drug-likeness (QED) is 0.169. The highest BCUT2D eigenvalue weighted by Gasteiger charge is 2.42. The molecular formula is C35H34F3N3O6. The minimum atomic E-state index is -1.26. The normalized spacial score (nSPS) is 21.0. The van der Waals surface area contributed by atoms with E-state index in [4.69, 9.17) is 15.9 Å². The molecule has 0 radical (unpaired) electrons. The lowest BCUT2D eigenvalue weighted by atomic mass is 9.82. The van der Waals surface area contributed by atoms with Crippen molar-refractivity contribution in [1.82, 2.24) is 9.80 Å². The number of amides is 2. The Hall–Kier alpha value is -4.81. The van der Waals surface area contributed by atoms with Gasteiger partial charge in [0, 0.05) is 42.9 Å². The lowest BCUT2D eigenvalue weighted by molar-refractivity contribution is -0.134. The van der Waals surface area contributed by atoms with Gasteiger partial charge in [0.15, 0.2) is 11.6 Å². The zero-order valence-electron chi connectivity index (χ0n) is 25.3. The van der Waals surface area contributed by atoms with E-state index in [1.807, 2.05) is 12.1 Å². The number of fused-ring (bicyclic) bond motifs is 3. The standard InChI is InChI=1S/C31H30F3N3O2.C4H4O4/c32-26-15-28(34)27(33)13-20(26)14-29(35)21-11-22-8-9-23(12-21)36(22)16-18-4-3-5-19(10-18)17-37-30(38)24-6-1-2-7-25(24)31(37)39;5-3(6)1-2-4(7)8/h1-7,10,13,15,21-23,29H,8-9,11-12,14,16-17,35H2;1-2H,(H,5,6)(H,7,8)/t21?,22-,23?,29-;/m1./s1. The Morgan fingerprint density at radius 3 is 1.87 bits per heavy atom. The number of nitrogens with two attached hydrogens (primary N) is 1. The maximum atomic E-state index is 14.2. The maximum absolute atomic E-state index is 14.2. The van der Waals surface area contributed by atoms with Gasteiger partial charge in [-0.15, -0.1) is 0 Å². The first-order valence-electron chi connectivity index (χ1n) is 15.2. The smallest absolute Gasteiger partial charge is 0.328 e. The van der Waals surface area contributed by atoms with Gasteiger partial charge in [-0.25, -0.2) is 22.8 Å². The van der Waals surface area contributed by atoms with Crippen molar-refractivity contribution < 1.29 is 42.6 Å². The van der Waals surface area contributed by atoms with Gasteiger partial charge in [-0.3, -0.25) is 19.4 Å². The van der Waals surface area contributed by atoms with Crippen molar-refractivity contribution in [3.63, 3.8) is 0 Å². The predicted octanol–water partition coefficient (Wildman–Crippen LogP) is 4.92. The number of benzene rings is 3. The van der Waals surface area contributed by atoms with Gasteiger partial charge < -0.3 is 15.9 Å². The van der Waals surface area contributed by atoms with Crippen molar-refractivity contribution >= 4 is 23.8 Å². The zero-order valence-corrected chi connectivity index (χ0v) is 25.3. The first-order chi connectivity index (χ1) is 22.4. The summed E-state index contributed by atoms with van der Waals surface area (Å²) in [6, 6.07) is 16.8. The summed E-state index contributed by atoms with van der Waals surface area (Å²) in [6.07, 6.45) is 5.15. The summed E-state index contributed by atoms with van der Waals surface area (Å²) in [7, 11) is 0. The van der Waals surface area contributed by atoms with Crippen molar-refractivity contribution in [2.24, 2.45) is 11.7 Å². The van der Waals surface area contributed by atoms with Crippen LogP contribution in [0.25, 0.3) is 0 Å². The van der Waals surface area contributed by atoms with Gasteiger partial charge in [-0.1, -0.05) is 36.4 Å². The van der Waals surface area contributed by atoms with E-state index in [0.717, 1.165) is 49.4 Å². The highest BCUT2D eigenvalue weighted by molar-refractivity contribution is 6.21. The Bertz CT molecular complexity index is 1670. The number of hydrogen-bond acceptors (Lipinski definition) is 6. The highest BCUT2D eigenvalue weighted by Crippen LogP contribution is 2.41. The van der Waals surface area contributed by atoms with Gasteiger partial charge in [0.2, 0.25) is 0 Å². The van der Waals surface area contributed by atoms with Gasteiger partial charge in [-0.05, 0) is 72.9 Å². The van der Waals surface area contributed by atoms with Crippen molar-refractivity contribution in [3.8, 4) is 0 Å². The monoisotopic (exact) mass is 649 g/mol. The van der Waals surface area contributed by atoms with E-state index in [9.17, 15) is 32.3 Å². The molecule has 2 fully saturated rings. The number of imide groups is 1. The Labute approximate surface area is 269 Å². The van der Waals surface area contributed by atoms with Crippen molar-refractivity contribution in [2.75, 3.05) is 0 Å². The third-order valence-corrected chi connectivity index (χ3v) is 9.02. The number of carbonyl (C=O) groups excluding carboxylic acids is 2. The topological polar surface area (TPSA) is 141 Å². The number of aliphatic carboxylic acids is 2. The molecule has 3 aromatic carbocycles. The second kappa shape index (κ2) is 14.3. The summed E-state index contributed by atoms with van der Waals surface area (Å²) < 4.78 is 41.2. The van der Waals surface area contributed by atoms with E-state index in [0.29, 0.717) is 41.4 Å². The fourth-order valence-electron chi connectivity index (χ4n) is 6.81. The van der Waals surface area contributed by atoms with Crippen LogP contribution in [0, 0.1) is 23.4 Å². The number of halogens is 3. The van der Waals surface area contributed by atoms with Crippen LogP contribution in [-0.4, -0.2) is 61.9 Å². The number of carboxylic acids is 2. The SMILES string of the molecule is N[C@H](Cc1cc(F)c(F)cc1F)C1CC2CC[C@H](C1)N2Cc1cccc(CN2C(=O)c3ccccc3C2=O)c1.O=C(O)C=CC(=O)O. The number of carbonyl (C=O) groups is 4. The van der Waals surface area contributed by atoms with E-state index in [1.54, 1.807) is 24.3 Å². The van der Waals surface area contributed by atoms with Crippen LogP contribution in [0.2, 0.25) is 0 Å². The Morgan fingerprint density at radius 1 is 0.787 bits per heavy atom. The third-order valence-electron chi connectivity index (χ3n) is 9.02. The number of piperidine rings is 1. The largest absolute Gasteiger partial charge is 0.478 e. The van der Waals surface area contributed by atoms with E-state index in [1.165, 1.54) is 4.90 Å². The van der Waals surface area contributed by atoms with Crippen LogP contribution in [-0.2, 0) is 29.1 Å². The molecule has 9 nitrogen and oxygen atoms in total. The van der Waals surface area contributed by atoms with Crippen LogP contribution >= 0.6 is 0 Å².